The van der Waals surface area contributed by atoms with Crippen LogP contribution in [0.2, 0.25) is 0 Å². The molecule has 0 spiro atoms. The van der Waals surface area contributed by atoms with E-state index in [1.807, 2.05) is 25.4 Å². The molecule has 1 aromatic carbocycles. The Hall–Kier alpha value is -1.68. The lowest BCUT2D eigenvalue weighted by molar-refractivity contribution is 0.530. The van der Waals surface area contributed by atoms with Crippen molar-refractivity contribution >= 4 is 0 Å². The average Bonchev–Trinajstić information content (AvgIpc) is 2.84. The maximum Gasteiger partial charge on any atom is 0.131 e. The minimum Gasteiger partial charge on any atom is -0.333 e. The zero-order chi connectivity index (χ0) is 13.8. The number of benzene rings is 1. The molecule has 102 valence electrons. The minimum absolute atomic E-state index is 0.159. The number of rotatable bonds is 5. The van der Waals surface area contributed by atoms with E-state index in [0.29, 0.717) is 11.1 Å². The molecule has 0 amide bonds. The van der Waals surface area contributed by atoms with Gasteiger partial charge in [0.15, 0.2) is 0 Å². The van der Waals surface area contributed by atoms with Gasteiger partial charge >= 0.3 is 0 Å². The van der Waals surface area contributed by atoms with Gasteiger partial charge in [-0.3, -0.25) is 0 Å². The minimum atomic E-state index is -0.221. The summed E-state index contributed by atoms with van der Waals surface area (Å²) in [7, 11) is 1.83. The summed E-state index contributed by atoms with van der Waals surface area (Å²) in [6.07, 6.45) is 4.73. The molecule has 0 aliphatic rings. The molecule has 1 aromatic heterocycles. The van der Waals surface area contributed by atoms with Gasteiger partial charge in [0.05, 0.1) is 6.04 Å². The third-order valence-electron chi connectivity index (χ3n) is 3.29. The lowest BCUT2D eigenvalue weighted by Gasteiger charge is -2.19. The largest absolute Gasteiger partial charge is 0.333 e. The molecule has 0 radical (unpaired) electrons. The maximum atomic E-state index is 14.3. The molecule has 19 heavy (non-hydrogen) atoms. The molecule has 2 aromatic rings. The third-order valence-corrected chi connectivity index (χ3v) is 3.29. The summed E-state index contributed by atoms with van der Waals surface area (Å²) in [6.45, 7) is 4.79. The van der Waals surface area contributed by atoms with E-state index < -0.39 is 0 Å². The first-order chi connectivity index (χ1) is 9.19. The molecule has 1 N–H and O–H groups in total. The van der Waals surface area contributed by atoms with Crippen molar-refractivity contribution in [2.45, 2.75) is 32.9 Å². The van der Waals surface area contributed by atoms with Crippen LogP contribution in [0.3, 0.4) is 0 Å². The summed E-state index contributed by atoms with van der Waals surface area (Å²) in [5.74, 6) is 0.696. The number of hydrogen-bond donors (Lipinski definition) is 1. The van der Waals surface area contributed by atoms with E-state index in [4.69, 9.17) is 0 Å². The van der Waals surface area contributed by atoms with E-state index in [2.05, 4.69) is 21.8 Å². The van der Waals surface area contributed by atoms with Crippen LogP contribution in [0.5, 0.6) is 0 Å². The first-order valence-corrected chi connectivity index (χ1v) is 6.62. The molecular formula is C15H20FN3. The van der Waals surface area contributed by atoms with Crippen LogP contribution in [-0.4, -0.2) is 16.6 Å². The van der Waals surface area contributed by atoms with Gasteiger partial charge in [0, 0.05) is 24.5 Å². The molecule has 0 saturated heterocycles. The highest BCUT2D eigenvalue weighted by Crippen LogP contribution is 2.24. The van der Waals surface area contributed by atoms with Crippen LogP contribution in [0.1, 0.15) is 36.3 Å². The molecule has 0 saturated carbocycles. The Morgan fingerprint density at radius 1 is 1.42 bits per heavy atom. The van der Waals surface area contributed by atoms with Gasteiger partial charge in [0.2, 0.25) is 0 Å². The number of imidazole rings is 1. The Morgan fingerprint density at radius 2 is 2.21 bits per heavy atom. The Kier molecular flexibility index (Phi) is 4.32. The van der Waals surface area contributed by atoms with Crippen molar-refractivity contribution in [3.05, 3.63) is 53.4 Å². The van der Waals surface area contributed by atoms with E-state index in [1.54, 1.807) is 19.2 Å². The fraction of sp³-hybridized carbons (Fsp3) is 0.400. The van der Waals surface area contributed by atoms with Gasteiger partial charge in [0.25, 0.3) is 0 Å². The van der Waals surface area contributed by atoms with Gasteiger partial charge in [-0.25, -0.2) is 9.37 Å². The SMILES string of the molecule is CCCn1ccnc1C(NC)c1cccc(C)c1F. The highest BCUT2D eigenvalue weighted by Gasteiger charge is 2.21. The first kappa shape index (κ1) is 13.7. The predicted octanol–water partition coefficient (Wildman–Crippen LogP) is 3.05. The van der Waals surface area contributed by atoms with Crippen molar-refractivity contribution in [2.24, 2.45) is 0 Å². The van der Waals surface area contributed by atoms with Crippen LogP contribution >= 0.6 is 0 Å². The van der Waals surface area contributed by atoms with Crippen LogP contribution in [0.15, 0.2) is 30.6 Å². The van der Waals surface area contributed by atoms with E-state index in [9.17, 15) is 4.39 Å². The van der Waals surface area contributed by atoms with Gasteiger partial charge in [-0.2, -0.15) is 0 Å². The van der Waals surface area contributed by atoms with E-state index in [-0.39, 0.29) is 11.9 Å². The topological polar surface area (TPSA) is 29.9 Å². The quantitative estimate of drug-likeness (QED) is 0.896. The first-order valence-electron chi connectivity index (χ1n) is 6.62. The van der Waals surface area contributed by atoms with Crippen molar-refractivity contribution in [1.29, 1.82) is 0 Å². The zero-order valence-electron chi connectivity index (χ0n) is 11.7. The highest BCUT2D eigenvalue weighted by molar-refractivity contribution is 5.31. The summed E-state index contributed by atoms with van der Waals surface area (Å²) in [6, 6.07) is 5.26. The normalized spacial score (nSPS) is 12.6. The molecule has 1 unspecified atom stereocenters. The number of hydrogen-bond acceptors (Lipinski definition) is 2. The van der Waals surface area contributed by atoms with Gasteiger partial charge in [-0.05, 0) is 26.0 Å². The second-order valence-electron chi connectivity index (χ2n) is 4.68. The van der Waals surface area contributed by atoms with Crippen molar-refractivity contribution in [2.75, 3.05) is 7.05 Å². The standard InChI is InChI=1S/C15H20FN3/c1-4-9-19-10-8-18-15(19)14(17-3)12-7-5-6-11(2)13(12)16/h5-8,10,14,17H,4,9H2,1-3H3. The fourth-order valence-corrected chi connectivity index (χ4v) is 2.33. The Morgan fingerprint density at radius 3 is 2.89 bits per heavy atom. The lowest BCUT2D eigenvalue weighted by atomic mass is 10.0. The molecule has 4 heteroatoms. The predicted molar refractivity (Wildman–Crippen MR) is 74.6 cm³/mol. The van der Waals surface area contributed by atoms with Crippen LogP contribution in [-0.2, 0) is 6.54 Å². The van der Waals surface area contributed by atoms with Crippen LogP contribution < -0.4 is 5.32 Å². The molecule has 0 aliphatic carbocycles. The van der Waals surface area contributed by atoms with Gasteiger partial charge in [0.1, 0.15) is 11.6 Å². The lowest BCUT2D eigenvalue weighted by Crippen LogP contribution is -2.23. The van der Waals surface area contributed by atoms with Gasteiger partial charge in [-0.15, -0.1) is 0 Å². The Balaban J connectivity index is 2.44. The number of aryl methyl sites for hydroxylation is 2. The third kappa shape index (κ3) is 2.68. The summed E-state index contributed by atoms with van der Waals surface area (Å²) in [5, 5.41) is 3.16. The number of aromatic nitrogens is 2. The van der Waals surface area contributed by atoms with E-state index in [1.165, 1.54) is 0 Å². The Bertz CT molecular complexity index is 548. The molecule has 1 atom stereocenters. The van der Waals surface area contributed by atoms with Crippen molar-refractivity contribution in [1.82, 2.24) is 14.9 Å². The molecule has 0 fully saturated rings. The molecule has 0 aliphatic heterocycles. The molecule has 0 bridgehead atoms. The fourth-order valence-electron chi connectivity index (χ4n) is 2.33. The number of nitrogens with zero attached hydrogens (tertiary/aromatic N) is 2. The highest BCUT2D eigenvalue weighted by atomic mass is 19.1. The monoisotopic (exact) mass is 261 g/mol. The second kappa shape index (κ2) is 5.97. The number of nitrogens with one attached hydrogen (secondary N) is 1. The van der Waals surface area contributed by atoms with Gasteiger partial charge in [-0.1, -0.05) is 25.1 Å². The van der Waals surface area contributed by atoms with Crippen molar-refractivity contribution in [3.63, 3.8) is 0 Å². The molecule has 1 heterocycles. The summed E-state index contributed by atoms with van der Waals surface area (Å²) >= 11 is 0. The van der Waals surface area contributed by atoms with Crippen LogP contribution in [0.4, 0.5) is 4.39 Å². The average molecular weight is 261 g/mol. The van der Waals surface area contributed by atoms with Crippen LogP contribution in [0, 0.1) is 12.7 Å². The summed E-state index contributed by atoms with van der Waals surface area (Å²) < 4.78 is 16.3. The zero-order valence-corrected chi connectivity index (χ0v) is 11.7. The Labute approximate surface area is 113 Å². The van der Waals surface area contributed by atoms with Gasteiger partial charge < -0.3 is 9.88 Å². The second-order valence-corrected chi connectivity index (χ2v) is 4.68. The molecule has 3 nitrogen and oxygen atoms in total. The smallest absolute Gasteiger partial charge is 0.131 e. The van der Waals surface area contributed by atoms with E-state index in [0.717, 1.165) is 18.8 Å². The summed E-state index contributed by atoms with van der Waals surface area (Å²) in [5.41, 5.74) is 1.30. The molecular weight excluding hydrogens is 241 g/mol. The van der Waals surface area contributed by atoms with Crippen molar-refractivity contribution in [3.8, 4) is 0 Å². The molecule has 2 rings (SSSR count). The maximum absolute atomic E-state index is 14.3. The van der Waals surface area contributed by atoms with E-state index >= 15 is 0 Å². The number of halogens is 1. The van der Waals surface area contributed by atoms with Crippen molar-refractivity contribution < 1.29 is 4.39 Å². The van der Waals surface area contributed by atoms with Crippen LogP contribution in [0.25, 0.3) is 0 Å². The summed E-state index contributed by atoms with van der Waals surface area (Å²) in [4.78, 5) is 4.39.